The number of rotatable bonds is 2. The van der Waals surface area contributed by atoms with Gasteiger partial charge in [0, 0.05) is 29.0 Å². The maximum atomic E-state index is 14.8. The number of nitriles is 1. The number of ketones is 1. The van der Waals surface area contributed by atoms with Crippen molar-refractivity contribution in [2.75, 3.05) is 0 Å². The molecule has 1 aliphatic carbocycles. The van der Waals surface area contributed by atoms with Gasteiger partial charge in [-0.25, -0.2) is 9.40 Å². The number of halogens is 2. The molecule has 1 unspecified atom stereocenters. The van der Waals surface area contributed by atoms with Gasteiger partial charge >= 0.3 is 0 Å². The quantitative estimate of drug-likeness (QED) is 0.725. The van der Waals surface area contributed by atoms with E-state index in [4.69, 9.17) is 5.73 Å². The molecule has 3 rings (SSSR count). The predicted octanol–water partition coefficient (Wildman–Crippen LogP) is 3.38. The number of hydrogen-bond donors (Lipinski definition) is 2. The Morgan fingerprint density at radius 2 is 2.11 bits per heavy atom. The zero-order chi connectivity index (χ0) is 20.8. The molecule has 1 heterocycles. The Hall–Kier alpha value is -2.66. The minimum atomic E-state index is -0.915. The SMILES string of the molecule is CC(=O)NN1C(N)=C(C#N)C(c2ccc(Br)cc2F)C2=C1CC(C)(C)CC2=O. The molecule has 1 amide bonds. The first-order chi connectivity index (χ1) is 13.1. The summed E-state index contributed by atoms with van der Waals surface area (Å²) in [6.45, 7) is 5.20. The lowest BCUT2D eigenvalue weighted by Gasteiger charge is -2.43. The van der Waals surface area contributed by atoms with E-state index in [0.717, 1.165) is 0 Å². The van der Waals surface area contributed by atoms with Gasteiger partial charge in [0.2, 0.25) is 5.91 Å². The number of Topliss-reactive ketones (excluding diaryl/α,β-unsaturated/α-hetero) is 1. The number of amides is 1. The Labute approximate surface area is 171 Å². The van der Waals surface area contributed by atoms with E-state index in [1.54, 1.807) is 12.1 Å². The highest BCUT2D eigenvalue weighted by atomic mass is 79.9. The summed E-state index contributed by atoms with van der Waals surface area (Å²) in [7, 11) is 0. The molecule has 2 aliphatic rings. The van der Waals surface area contributed by atoms with Crippen molar-refractivity contribution in [1.29, 1.82) is 5.26 Å². The third-order valence-corrected chi connectivity index (χ3v) is 5.42. The molecule has 0 aromatic heterocycles. The monoisotopic (exact) mass is 446 g/mol. The standard InChI is InChI=1S/C20H20BrFN4O2/c1-10(27)25-26-15-7-20(2,3)8-16(28)18(15)17(13(9-23)19(26)24)12-5-4-11(21)6-14(12)22/h4-6,17H,7-8,24H2,1-3H3,(H,25,27). The van der Waals surface area contributed by atoms with Crippen molar-refractivity contribution >= 4 is 27.6 Å². The summed E-state index contributed by atoms with van der Waals surface area (Å²) in [6, 6.07) is 6.50. The Bertz CT molecular complexity index is 990. The fourth-order valence-electron chi connectivity index (χ4n) is 3.84. The van der Waals surface area contributed by atoms with Crippen LogP contribution in [0.3, 0.4) is 0 Å². The van der Waals surface area contributed by atoms with Crippen LogP contribution in [0.5, 0.6) is 0 Å². The average Bonchev–Trinajstić information content (AvgIpc) is 2.56. The fourth-order valence-corrected chi connectivity index (χ4v) is 4.17. The normalized spacial score (nSPS) is 21.4. The highest BCUT2D eigenvalue weighted by Crippen LogP contribution is 2.48. The predicted molar refractivity (Wildman–Crippen MR) is 104 cm³/mol. The third kappa shape index (κ3) is 3.42. The smallest absolute Gasteiger partial charge is 0.235 e. The molecule has 1 aromatic rings. The number of carbonyl (C=O) groups is 2. The minimum absolute atomic E-state index is 0.00531. The van der Waals surface area contributed by atoms with E-state index in [0.29, 0.717) is 22.2 Å². The Balaban J connectivity index is 2.30. The number of hydrogen-bond acceptors (Lipinski definition) is 5. The molecule has 28 heavy (non-hydrogen) atoms. The van der Waals surface area contributed by atoms with Crippen LogP contribution in [0.1, 0.15) is 45.1 Å². The van der Waals surface area contributed by atoms with Crippen molar-refractivity contribution in [3.8, 4) is 6.07 Å². The number of benzene rings is 1. The summed E-state index contributed by atoms with van der Waals surface area (Å²) >= 11 is 3.22. The van der Waals surface area contributed by atoms with Crippen LogP contribution in [-0.2, 0) is 9.59 Å². The molecule has 146 valence electrons. The van der Waals surface area contributed by atoms with Crippen molar-refractivity contribution in [1.82, 2.24) is 10.4 Å². The molecule has 1 aliphatic heterocycles. The Kier molecular flexibility index (Phi) is 5.06. The molecular weight excluding hydrogens is 427 g/mol. The second-order valence-corrected chi connectivity index (χ2v) is 8.73. The minimum Gasteiger partial charge on any atom is -0.383 e. The van der Waals surface area contributed by atoms with Gasteiger partial charge in [0.05, 0.1) is 23.3 Å². The van der Waals surface area contributed by atoms with Gasteiger partial charge in [-0.15, -0.1) is 0 Å². The number of carbonyl (C=O) groups excluding carboxylic acids is 2. The molecule has 1 aromatic carbocycles. The highest BCUT2D eigenvalue weighted by Gasteiger charge is 2.45. The topological polar surface area (TPSA) is 99.2 Å². The van der Waals surface area contributed by atoms with Crippen LogP contribution in [-0.4, -0.2) is 16.7 Å². The molecule has 0 saturated heterocycles. The van der Waals surface area contributed by atoms with Gasteiger partial charge in [0.15, 0.2) is 5.78 Å². The lowest BCUT2D eigenvalue weighted by Crippen LogP contribution is -2.49. The van der Waals surface area contributed by atoms with E-state index in [1.807, 2.05) is 19.9 Å². The van der Waals surface area contributed by atoms with Gasteiger partial charge < -0.3 is 5.73 Å². The van der Waals surface area contributed by atoms with Crippen molar-refractivity contribution in [2.45, 2.75) is 39.5 Å². The Morgan fingerprint density at radius 3 is 2.68 bits per heavy atom. The molecule has 3 N–H and O–H groups in total. The van der Waals surface area contributed by atoms with Crippen LogP contribution < -0.4 is 11.2 Å². The molecule has 0 spiro atoms. The number of nitrogens with zero attached hydrogens (tertiary/aromatic N) is 2. The summed E-state index contributed by atoms with van der Waals surface area (Å²) < 4.78 is 15.3. The first kappa shape index (κ1) is 20.1. The van der Waals surface area contributed by atoms with Crippen LogP contribution >= 0.6 is 15.9 Å². The highest BCUT2D eigenvalue weighted by molar-refractivity contribution is 9.10. The van der Waals surface area contributed by atoms with Crippen LogP contribution in [0.2, 0.25) is 0 Å². The maximum Gasteiger partial charge on any atom is 0.235 e. The van der Waals surface area contributed by atoms with Crippen molar-refractivity contribution < 1.29 is 14.0 Å². The lowest BCUT2D eigenvalue weighted by atomic mass is 9.69. The maximum absolute atomic E-state index is 14.8. The van der Waals surface area contributed by atoms with E-state index in [1.165, 1.54) is 18.0 Å². The average molecular weight is 447 g/mol. The summed E-state index contributed by atoms with van der Waals surface area (Å²) in [4.78, 5) is 24.8. The van der Waals surface area contributed by atoms with Crippen molar-refractivity contribution in [3.05, 3.63) is 56.7 Å². The molecule has 8 heteroatoms. The molecular formula is C20H20BrFN4O2. The van der Waals surface area contributed by atoms with Gasteiger partial charge in [-0.2, -0.15) is 5.26 Å². The van der Waals surface area contributed by atoms with Gasteiger partial charge in [0.1, 0.15) is 11.6 Å². The first-order valence-electron chi connectivity index (χ1n) is 8.74. The van der Waals surface area contributed by atoms with E-state index < -0.39 is 17.6 Å². The van der Waals surface area contributed by atoms with E-state index >= 15 is 0 Å². The molecule has 0 radical (unpaired) electrons. The van der Waals surface area contributed by atoms with Crippen LogP contribution in [0.15, 0.2) is 45.3 Å². The number of nitrogens with one attached hydrogen (secondary N) is 1. The van der Waals surface area contributed by atoms with Gasteiger partial charge in [-0.05, 0) is 24.0 Å². The zero-order valence-corrected chi connectivity index (χ0v) is 17.4. The molecule has 0 fully saturated rings. The summed E-state index contributed by atoms with van der Waals surface area (Å²) in [5.41, 5.74) is 9.49. The summed E-state index contributed by atoms with van der Waals surface area (Å²) in [6.07, 6.45) is 0.704. The molecule has 6 nitrogen and oxygen atoms in total. The molecule has 0 saturated carbocycles. The van der Waals surface area contributed by atoms with Crippen molar-refractivity contribution in [2.24, 2.45) is 11.1 Å². The van der Waals surface area contributed by atoms with E-state index in [-0.39, 0.29) is 34.6 Å². The second-order valence-electron chi connectivity index (χ2n) is 7.81. The summed E-state index contributed by atoms with van der Waals surface area (Å²) in [5.74, 6) is -2.04. The fraction of sp³-hybridized carbons (Fsp3) is 0.350. The number of nitrogens with two attached hydrogens (primary N) is 1. The number of allylic oxidation sites excluding steroid dienone is 3. The van der Waals surface area contributed by atoms with E-state index in [9.17, 15) is 19.2 Å². The van der Waals surface area contributed by atoms with Crippen LogP contribution in [0.4, 0.5) is 4.39 Å². The number of hydrazine groups is 1. The zero-order valence-electron chi connectivity index (χ0n) is 15.8. The molecule has 1 atom stereocenters. The van der Waals surface area contributed by atoms with Gasteiger partial charge in [-0.3, -0.25) is 15.0 Å². The van der Waals surface area contributed by atoms with Gasteiger partial charge in [-0.1, -0.05) is 35.8 Å². The molecule has 0 bridgehead atoms. The van der Waals surface area contributed by atoms with Crippen LogP contribution in [0.25, 0.3) is 0 Å². The lowest BCUT2D eigenvalue weighted by molar-refractivity contribution is -0.123. The van der Waals surface area contributed by atoms with Gasteiger partial charge in [0.25, 0.3) is 0 Å². The third-order valence-electron chi connectivity index (χ3n) is 4.92. The summed E-state index contributed by atoms with van der Waals surface area (Å²) in [5, 5.41) is 11.1. The first-order valence-corrected chi connectivity index (χ1v) is 9.53. The second kappa shape index (κ2) is 7.06. The van der Waals surface area contributed by atoms with E-state index in [2.05, 4.69) is 21.4 Å². The van der Waals surface area contributed by atoms with Crippen molar-refractivity contribution in [3.63, 3.8) is 0 Å². The largest absolute Gasteiger partial charge is 0.383 e. The Morgan fingerprint density at radius 1 is 1.43 bits per heavy atom. The van der Waals surface area contributed by atoms with Crippen LogP contribution in [0, 0.1) is 22.6 Å².